The quantitative estimate of drug-likeness (QED) is 0.821. The monoisotopic (exact) mass is 372 g/mol. The molecular weight excluding hydrogens is 348 g/mol. The van der Waals surface area contributed by atoms with Gasteiger partial charge in [-0.1, -0.05) is 23.7 Å². The van der Waals surface area contributed by atoms with E-state index in [-0.39, 0.29) is 5.91 Å². The molecule has 0 saturated carbocycles. The second-order valence-electron chi connectivity index (χ2n) is 6.56. The van der Waals surface area contributed by atoms with Crippen LogP contribution in [0, 0.1) is 0 Å². The normalized spacial score (nSPS) is 14.2. The van der Waals surface area contributed by atoms with Gasteiger partial charge in [-0.3, -0.25) is 4.79 Å². The Labute approximate surface area is 160 Å². The SMILES string of the molecule is COc1ccc(Cl)cc1C(=O)NCCc1ccc(N2CCCCC2)cc1. The summed E-state index contributed by atoms with van der Waals surface area (Å²) in [6.07, 6.45) is 4.68. The first kappa shape index (κ1) is 18.6. The Bertz CT molecular complexity index is 740. The van der Waals surface area contributed by atoms with E-state index in [9.17, 15) is 4.79 Å². The van der Waals surface area contributed by atoms with E-state index in [1.54, 1.807) is 25.3 Å². The van der Waals surface area contributed by atoms with Gasteiger partial charge in [-0.05, 0) is 61.6 Å². The zero-order valence-corrected chi connectivity index (χ0v) is 15.9. The summed E-state index contributed by atoms with van der Waals surface area (Å²) in [6.45, 7) is 2.87. The number of carbonyl (C=O) groups is 1. The van der Waals surface area contributed by atoms with Crippen LogP contribution in [0.1, 0.15) is 35.2 Å². The van der Waals surface area contributed by atoms with Crippen molar-refractivity contribution in [3.05, 3.63) is 58.6 Å². The number of anilines is 1. The van der Waals surface area contributed by atoms with Crippen LogP contribution in [0.15, 0.2) is 42.5 Å². The molecule has 2 aromatic carbocycles. The summed E-state index contributed by atoms with van der Waals surface area (Å²) in [5.41, 5.74) is 2.96. The first-order chi connectivity index (χ1) is 12.7. The van der Waals surface area contributed by atoms with Crippen LogP contribution in [0.4, 0.5) is 5.69 Å². The van der Waals surface area contributed by atoms with E-state index in [0.717, 1.165) is 19.5 Å². The van der Waals surface area contributed by atoms with Gasteiger partial charge >= 0.3 is 0 Å². The number of nitrogens with one attached hydrogen (secondary N) is 1. The highest BCUT2D eigenvalue weighted by atomic mass is 35.5. The standard InChI is InChI=1S/C21H25ClN2O2/c1-26-20-10-7-17(22)15-19(20)21(25)23-12-11-16-5-8-18(9-6-16)24-13-3-2-4-14-24/h5-10,15H,2-4,11-14H2,1H3,(H,23,25). The molecule has 1 aliphatic heterocycles. The summed E-state index contributed by atoms with van der Waals surface area (Å²) >= 11 is 5.99. The zero-order chi connectivity index (χ0) is 18.4. The van der Waals surface area contributed by atoms with Crippen molar-refractivity contribution in [1.29, 1.82) is 0 Å². The van der Waals surface area contributed by atoms with Crippen LogP contribution >= 0.6 is 11.6 Å². The molecule has 1 fully saturated rings. The molecule has 0 spiro atoms. The fourth-order valence-corrected chi connectivity index (χ4v) is 3.47. The molecule has 1 N–H and O–H groups in total. The summed E-state index contributed by atoms with van der Waals surface area (Å²) in [6, 6.07) is 13.7. The predicted molar refractivity (Wildman–Crippen MR) is 107 cm³/mol. The van der Waals surface area contributed by atoms with E-state index in [1.165, 1.54) is 30.5 Å². The Hall–Kier alpha value is -2.20. The van der Waals surface area contributed by atoms with Crippen LogP contribution in [0.2, 0.25) is 5.02 Å². The van der Waals surface area contributed by atoms with Gasteiger partial charge in [0.2, 0.25) is 0 Å². The van der Waals surface area contributed by atoms with Crippen LogP contribution in [-0.2, 0) is 6.42 Å². The van der Waals surface area contributed by atoms with Gasteiger partial charge in [0.15, 0.2) is 0 Å². The van der Waals surface area contributed by atoms with Gasteiger partial charge in [0, 0.05) is 30.3 Å². The number of amides is 1. The molecule has 0 radical (unpaired) electrons. The van der Waals surface area contributed by atoms with Crippen molar-refractivity contribution in [2.75, 3.05) is 31.6 Å². The average molecular weight is 373 g/mol. The zero-order valence-electron chi connectivity index (χ0n) is 15.1. The second kappa shape index (κ2) is 8.95. The Balaban J connectivity index is 1.53. The van der Waals surface area contributed by atoms with Crippen molar-refractivity contribution in [3.8, 4) is 5.75 Å². The topological polar surface area (TPSA) is 41.6 Å². The number of rotatable bonds is 6. The number of benzene rings is 2. The molecule has 1 aliphatic rings. The number of halogens is 1. The highest BCUT2D eigenvalue weighted by molar-refractivity contribution is 6.31. The molecule has 3 rings (SSSR count). The summed E-state index contributed by atoms with van der Waals surface area (Å²) in [5.74, 6) is 0.354. The van der Waals surface area contributed by atoms with Crippen LogP contribution in [0.5, 0.6) is 5.75 Å². The minimum atomic E-state index is -0.172. The number of methoxy groups -OCH3 is 1. The fraction of sp³-hybridized carbons (Fsp3) is 0.381. The lowest BCUT2D eigenvalue weighted by Gasteiger charge is -2.28. The lowest BCUT2D eigenvalue weighted by atomic mass is 10.1. The molecule has 2 aromatic rings. The molecule has 0 aliphatic carbocycles. The number of hydrogen-bond acceptors (Lipinski definition) is 3. The summed E-state index contributed by atoms with van der Waals surface area (Å²) in [5, 5.41) is 3.46. The first-order valence-electron chi connectivity index (χ1n) is 9.13. The lowest BCUT2D eigenvalue weighted by molar-refractivity contribution is 0.0951. The van der Waals surface area contributed by atoms with E-state index >= 15 is 0 Å². The maximum absolute atomic E-state index is 12.4. The van der Waals surface area contributed by atoms with E-state index in [4.69, 9.17) is 16.3 Å². The predicted octanol–water partition coefficient (Wildman–Crippen LogP) is 4.31. The van der Waals surface area contributed by atoms with Crippen molar-refractivity contribution in [3.63, 3.8) is 0 Å². The van der Waals surface area contributed by atoms with Gasteiger partial charge in [-0.25, -0.2) is 0 Å². The van der Waals surface area contributed by atoms with Crippen LogP contribution in [0.25, 0.3) is 0 Å². The molecule has 1 heterocycles. The van der Waals surface area contributed by atoms with Crippen LogP contribution in [-0.4, -0.2) is 32.7 Å². The van der Waals surface area contributed by atoms with Gasteiger partial charge in [0.25, 0.3) is 5.91 Å². The minimum absolute atomic E-state index is 0.172. The third-order valence-corrected chi connectivity index (χ3v) is 5.00. The highest BCUT2D eigenvalue weighted by Crippen LogP contribution is 2.23. The third kappa shape index (κ3) is 4.70. The van der Waals surface area contributed by atoms with Crippen LogP contribution in [0.3, 0.4) is 0 Å². The molecule has 26 heavy (non-hydrogen) atoms. The van der Waals surface area contributed by atoms with Crippen molar-refractivity contribution >= 4 is 23.2 Å². The van der Waals surface area contributed by atoms with E-state index < -0.39 is 0 Å². The van der Waals surface area contributed by atoms with Gasteiger partial charge in [0.05, 0.1) is 12.7 Å². The number of carbonyl (C=O) groups excluding carboxylic acids is 1. The molecule has 1 amide bonds. The van der Waals surface area contributed by atoms with E-state index in [0.29, 0.717) is 22.9 Å². The van der Waals surface area contributed by atoms with Crippen molar-refractivity contribution in [2.24, 2.45) is 0 Å². The van der Waals surface area contributed by atoms with Gasteiger partial charge in [0.1, 0.15) is 5.75 Å². The third-order valence-electron chi connectivity index (χ3n) is 4.76. The Morgan fingerprint density at radius 1 is 1.12 bits per heavy atom. The van der Waals surface area contributed by atoms with Crippen LogP contribution < -0.4 is 15.0 Å². The molecule has 4 nitrogen and oxygen atoms in total. The largest absolute Gasteiger partial charge is 0.496 e. The van der Waals surface area contributed by atoms with Gasteiger partial charge in [-0.15, -0.1) is 0 Å². The van der Waals surface area contributed by atoms with Crippen molar-refractivity contribution in [2.45, 2.75) is 25.7 Å². The van der Waals surface area contributed by atoms with E-state index in [2.05, 4.69) is 34.5 Å². The Morgan fingerprint density at radius 3 is 2.54 bits per heavy atom. The Morgan fingerprint density at radius 2 is 1.85 bits per heavy atom. The molecule has 138 valence electrons. The fourth-order valence-electron chi connectivity index (χ4n) is 3.30. The lowest BCUT2D eigenvalue weighted by Crippen LogP contribution is -2.29. The maximum Gasteiger partial charge on any atom is 0.255 e. The smallest absolute Gasteiger partial charge is 0.255 e. The highest BCUT2D eigenvalue weighted by Gasteiger charge is 2.13. The summed E-state index contributed by atoms with van der Waals surface area (Å²) in [4.78, 5) is 14.8. The number of hydrogen-bond donors (Lipinski definition) is 1. The Kier molecular flexibility index (Phi) is 6.40. The first-order valence-corrected chi connectivity index (χ1v) is 9.51. The number of piperidine rings is 1. The minimum Gasteiger partial charge on any atom is -0.496 e. The average Bonchev–Trinajstić information content (AvgIpc) is 2.69. The maximum atomic E-state index is 12.4. The molecule has 1 saturated heterocycles. The second-order valence-corrected chi connectivity index (χ2v) is 7.00. The number of nitrogens with zero attached hydrogens (tertiary/aromatic N) is 1. The van der Waals surface area contributed by atoms with Crippen molar-refractivity contribution < 1.29 is 9.53 Å². The summed E-state index contributed by atoms with van der Waals surface area (Å²) < 4.78 is 5.23. The summed E-state index contributed by atoms with van der Waals surface area (Å²) in [7, 11) is 1.55. The molecule has 0 aromatic heterocycles. The molecule has 0 bridgehead atoms. The molecular formula is C21H25ClN2O2. The molecule has 0 unspecified atom stereocenters. The number of ether oxygens (including phenoxy) is 1. The van der Waals surface area contributed by atoms with Gasteiger partial charge < -0.3 is 15.0 Å². The van der Waals surface area contributed by atoms with Gasteiger partial charge in [-0.2, -0.15) is 0 Å². The molecule has 5 heteroatoms. The van der Waals surface area contributed by atoms with E-state index in [1.807, 2.05) is 0 Å². The molecule has 0 atom stereocenters. The van der Waals surface area contributed by atoms with Crippen molar-refractivity contribution in [1.82, 2.24) is 5.32 Å².